The number of alkyl halides is 3. The number of furan rings is 1. The van der Waals surface area contributed by atoms with Crippen LogP contribution in [0.4, 0.5) is 13.2 Å². The number of aliphatic carboxylic acids is 1. The van der Waals surface area contributed by atoms with E-state index in [1.165, 1.54) is 22.5 Å². The molecule has 0 atom stereocenters. The molecule has 0 aliphatic carbocycles. The Hall–Kier alpha value is -3.01. The second-order valence-electron chi connectivity index (χ2n) is 7.35. The minimum atomic E-state index is -5.08. The molecule has 162 valence electrons. The van der Waals surface area contributed by atoms with Gasteiger partial charge in [0.1, 0.15) is 0 Å². The van der Waals surface area contributed by atoms with Gasteiger partial charge in [0.25, 0.3) is 0 Å². The molecule has 1 N–H and O–H groups in total. The topological polar surface area (TPSA) is 76.4 Å². The lowest BCUT2D eigenvalue weighted by Crippen LogP contribution is -2.21. The molecule has 1 aliphatic heterocycles. The Morgan fingerprint density at radius 3 is 2.43 bits per heavy atom. The van der Waals surface area contributed by atoms with Crippen molar-refractivity contribution in [2.45, 2.75) is 52.2 Å². The molecule has 7 nitrogen and oxygen atoms in total. The average Bonchev–Trinajstić information content (AvgIpc) is 3.42. The standard InChI is InChI=1S/C18H22N4O.C2HF3O2/c1-14(2)22-18-12-21(9-15-5-8-23-13-15)10-16(18)17(19-22)11-20-6-3-4-7-20;3-2(4,5)1(6)7/h3-8,13-14H,9-12H2,1-2H3;(H,6,7). The van der Waals surface area contributed by atoms with Crippen molar-refractivity contribution in [2.24, 2.45) is 0 Å². The Labute approximate surface area is 171 Å². The molecule has 3 aromatic rings. The van der Waals surface area contributed by atoms with E-state index in [1.807, 2.05) is 12.3 Å². The zero-order chi connectivity index (χ0) is 21.9. The second kappa shape index (κ2) is 8.78. The molecule has 3 aromatic heterocycles. The first-order valence-electron chi connectivity index (χ1n) is 9.38. The van der Waals surface area contributed by atoms with E-state index in [0.717, 1.165) is 26.2 Å². The van der Waals surface area contributed by atoms with Crippen LogP contribution >= 0.6 is 0 Å². The summed E-state index contributed by atoms with van der Waals surface area (Å²) in [4.78, 5) is 11.3. The summed E-state index contributed by atoms with van der Waals surface area (Å²) in [6.45, 7) is 8.08. The predicted molar refractivity (Wildman–Crippen MR) is 101 cm³/mol. The molecule has 30 heavy (non-hydrogen) atoms. The fourth-order valence-electron chi connectivity index (χ4n) is 3.35. The van der Waals surface area contributed by atoms with Gasteiger partial charge in [-0.2, -0.15) is 18.3 Å². The molecular weight excluding hydrogens is 401 g/mol. The summed E-state index contributed by atoms with van der Waals surface area (Å²) in [5.74, 6) is -2.76. The van der Waals surface area contributed by atoms with Crippen LogP contribution in [0.25, 0.3) is 0 Å². The molecule has 0 aromatic carbocycles. The normalized spacial score (nSPS) is 13.9. The first kappa shape index (κ1) is 21.7. The minimum Gasteiger partial charge on any atom is -0.475 e. The van der Waals surface area contributed by atoms with Gasteiger partial charge in [0.05, 0.1) is 30.5 Å². The van der Waals surface area contributed by atoms with Crippen LogP contribution in [-0.2, 0) is 31.0 Å². The third kappa shape index (κ3) is 5.12. The van der Waals surface area contributed by atoms with Crippen molar-refractivity contribution in [3.63, 3.8) is 0 Å². The number of hydrogen-bond acceptors (Lipinski definition) is 4. The zero-order valence-electron chi connectivity index (χ0n) is 16.6. The first-order valence-corrected chi connectivity index (χ1v) is 9.38. The number of halogens is 3. The van der Waals surface area contributed by atoms with Crippen LogP contribution in [0.5, 0.6) is 0 Å². The number of nitrogens with zero attached hydrogens (tertiary/aromatic N) is 4. The number of carbonyl (C=O) groups is 1. The van der Waals surface area contributed by atoms with Gasteiger partial charge in [0, 0.05) is 49.2 Å². The Morgan fingerprint density at radius 2 is 1.90 bits per heavy atom. The van der Waals surface area contributed by atoms with Crippen molar-refractivity contribution in [3.8, 4) is 0 Å². The summed E-state index contributed by atoms with van der Waals surface area (Å²) in [6.07, 6.45) is 2.68. The summed E-state index contributed by atoms with van der Waals surface area (Å²) in [5.41, 5.74) is 5.19. The van der Waals surface area contributed by atoms with Gasteiger partial charge in [-0.1, -0.05) is 0 Å². The Bertz CT molecular complexity index is 961. The van der Waals surface area contributed by atoms with E-state index in [0.29, 0.717) is 6.04 Å². The summed E-state index contributed by atoms with van der Waals surface area (Å²) >= 11 is 0. The first-order chi connectivity index (χ1) is 14.1. The molecule has 0 fully saturated rings. The zero-order valence-corrected chi connectivity index (χ0v) is 16.6. The predicted octanol–water partition coefficient (Wildman–Crippen LogP) is 4.06. The third-order valence-electron chi connectivity index (χ3n) is 4.67. The molecule has 0 unspecified atom stereocenters. The van der Waals surface area contributed by atoms with Crippen LogP contribution in [0.2, 0.25) is 0 Å². The van der Waals surface area contributed by atoms with Crippen LogP contribution in [0.1, 0.15) is 42.4 Å². The Balaban J connectivity index is 0.000000318. The smallest absolute Gasteiger partial charge is 0.475 e. The monoisotopic (exact) mass is 424 g/mol. The van der Waals surface area contributed by atoms with E-state index >= 15 is 0 Å². The highest BCUT2D eigenvalue weighted by Crippen LogP contribution is 2.30. The van der Waals surface area contributed by atoms with Gasteiger partial charge in [0.15, 0.2) is 0 Å². The molecule has 0 radical (unpaired) electrons. The third-order valence-corrected chi connectivity index (χ3v) is 4.67. The fraction of sp³-hybridized carbons (Fsp3) is 0.400. The van der Waals surface area contributed by atoms with Gasteiger partial charge < -0.3 is 14.1 Å². The van der Waals surface area contributed by atoms with Crippen LogP contribution < -0.4 is 0 Å². The van der Waals surface area contributed by atoms with Crippen LogP contribution in [0, 0.1) is 0 Å². The summed E-state index contributed by atoms with van der Waals surface area (Å²) in [6, 6.07) is 6.55. The van der Waals surface area contributed by atoms with E-state index in [1.54, 1.807) is 6.26 Å². The molecule has 0 bridgehead atoms. The minimum absolute atomic E-state index is 0.385. The van der Waals surface area contributed by atoms with Crippen LogP contribution in [0.3, 0.4) is 0 Å². The molecule has 4 rings (SSSR count). The molecule has 1 aliphatic rings. The largest absolute Gasteiger partial charge is 0.490 e. The summed E-state index contributed by atoms with van der Waals surface area (Å²) in [5, 5.41) is 12.0. The van der Waals surface area contributed by atoms with Gasteiger partial charge in [-0.05, 0) is 32.0 Å². The Morgan fingerprint density at radius 1 is 1.23 bits per heavy atom. The van der Waals surface area contributed by atoms with Crippen molar-refractivity contribution >= 4 is 5.97 Å². The molecule has 10 heteroatoms. The van der Waals surface area contributed by atoms with Crippen LogP contribution in [0.15, 0.2) is 47.5 Å². The number of aromatic nitrogens is 3. The second-order valence-corrected chi connectivity index (χ2v) is 7.35. The highest BCUT2D eigenvalue weighted by atomic mass is 19.4. The lowest BCUT2D eigenvalue weighted by atomic mass is 10.2. The molecule has 0 saturated heterocycles. The van der Waals surface area contributed by atoms with Crippen molar-refractivity contribution in [3.05, 3.63) is 65.6 Å². The quantitative estimate of drug-likeness (QED) is 0.669. The van der Waals surface area contributed by atoms with E-state index in [-0.39, 0.29) is 0 Å². The average molecular weight is 424 g/mol. The Kier molecular flexibility index (Phi) is 6.35. The van der Waals surface area contributed by atoms with Crippen molar-refractivity contribution in [1.82, 2.24) is 19.2 Å². The maximum absolute atomic E-state index is 10.6. The number of hydrogen-bond donors (Lipinski definition) is 1. The fourth-order valence-corrected chi connectivity index (χ4v) is 3.35. The van der Waals surface area contributed by atoms with Gasteiger partial charge in [-0.15, -0.1) is 0 Å². The SMILES string of the molecule is CC(C)n1nc(Cn2cccc2)c2c1CN(Cc1ccoc1)C2.O=C(O)C(F)(F)F. The van der Waals surface area contributed by atoms with Gasteiger partial charge in [-0.3, -0.25) is 9.58 Å². The highest BCUT2D eigenvalue weighted by Gasteiger charge is 2.38. The highest BCUT2D eigenvalue weighted by molar-refractivity contribution is 5.73. The van der Waals surface area contributed by atoms with E-state index in [4.69, 9.17) is 19.4 Å². The van der Waals surface area contributed by atoms with Crippen molar-refractivity contribution < 1.29 is 27.5 Å². The van der Waals surface area contributed by atoms with E-state index in [9.17, 15) is 13.2 Å². The number of carboxylic acid groups (broad SMARTS) is 1. The lowest BCUT2D eigenvalue weighted by Gasteiger charge is -2.16. The van der Waals surface area contributed by atoms with Crippen molar-refractivity contribution in [2.75, 3.05) is 0 Å². The summed E-state index contributed by atoms with van der Waals surface area (Å²) < 4.78 is 41.3. The maximum atomic E-state index is 10.6. The molecule has 0 amide bonds. The molecule has 4 heterocycles. The number of fused-ring (bicyclic) bond motifs is 1. The molecule has 0 saturated carbocycles. The maximum Gasteiger partial charge on any atom is 0.490 e. The van der Waals surface area contributed by atoms with Crippen LogP contribution in [-0.4, -0.2) is 36.5 Å². The van der Waals surface area contributed by atoms with E-state index < -0.39 is 12.1 Å². The molecular formula is C20H23F3N4O3. The lowest BCUT2D eigenvalue weighted by molar-refractivity contribution is -0.192. The number of rotatable bonds is 5. The van der Waals surface area contributed by atoms with E-state index in [2.05, 4.69) is 52.5 Å². The number of carboxylic acids is 1. The van der Waals surface area contributed by atoms with Gasteiger partial charge >= 0.3 is 12.1 Å². The van der Waals surface area contributed by atoms with Crippen molar-refractivity contribution in [1.29, 1.82) is 0 Å². The summed E-state index contributed by atoms with van der Waals surface area (Å²) in [7, 11) is 0. The van der Waals surface area contributed by atoms with Gasteiger partial charge in [-0.25, -0.2) is 4.79 Å². The van der Waals surface area contributed by atoms with Gasteiger partial charge in [0.2, 0.25) is 0 Å². The molecule has 0 spiro atoms.